The summed E-state index contributed by atoms with van der Waals surface area (Å²) in [7, 11) is 0. The zero-order valence-corrected chi connectivity index (χ0v) is 16.5. The molecule has 30 heavy (non-hydrogen) atoms. The lowest BCUT2D eigenvalue weighted by Gasteiger charge is -2.14. The molecule has 0 radical (unpaired) electrons. The van der Waals surface area contributed by atoms with Crippen LogP contribution in [0.15, 0.2) is 63.5 Å². The van der Waals surface area contributed by atoms with Gasteiger partial charge in [0.2, 0.25) is 5.91 Å². The molecule has 2 heterocycles. The van der Waals surface area contributed by atoms with Crippen molar-refractivity contribution < 1.29 is 13.6 Å². The molecule has 9 heteroatoms. The summed E-state index contributed by atoms with van der Waals surface area (Å²) in [5.41, 5.74) is 0.0896. The third-order valence-electron chi connectivity index (χ3n) is 4.62. The van der Waals surface area contributed by atoms with Crippen molar-refractivity contribution >= 4 is 33.1 Å². The van der Waals surface area contributed by atoms with Gasteiger partial charge in [-0.15, -0.1) is 11.3 Å². The summed E-state index contributed by atoms with van der Waals surface area (Å²) in [5.74, 6) is -2.39. The van der Waals surface area contributed by atoms with Crippen LogP contribution in [0, 0.1) is 18.6 Å². The molecule has 0 bridgehead atoms. The van der Waals surface area contributed by atoms with Crippen molar-refractivity contribution in [1.82, 2.24) is 9.13 Å². The first kappa shape index (κ1) is 19.7. The van der Waals surface area contributed by atoms with Gasteiger partial charge in [-0.2, -0.15) is 0 Å². The van der Waals surface area contributed by atoms with Crippen LogP contribution in [0.2, 0.25) is 0 Å². The highest BCUT2D eigenvalue weighted by molar-refractivity contribution is 7.17. The van der Waals surface area contributed by atoms with Crippen molar-refractivity contribution in [3.63, 3.8) is 0 Å². The number of fused-ring (bicyclic) bond motifs is 1. The average Bonchev–Trinajstić information content (AvgIpc) is 3.19. The minimum Gasteiger partial charge on any atom is -0.322 e. The van der Waals surface area contributed by atoms with Gasteiger partial charge in [0, 0.05) is 6.07 Å². The topological polar surface area (TPSA) is 73.1 Å². The van der Waals surface area contributed by atoms with Gasteiger partial charge in [0.05, 0.1) is 16.9 Å². The van der Waals surface area contributed by atoms with E-state index in [1.807, 2.05) is 0 Å². The summed E-state index contributed by atoms with van der Waals surface area (Å²) in [4.78, 5) is 38.6. The SMILES string of the molecule is Cc1ccccc1-n1c(=O)c2sccc2n(CC(=O)Nc2ccc(F)cc2F)c1=O. The van der Waals surface area contributed by atoms with E-state index in [9.17, 15) is 23.2 Å². The molecule has 6 nitrogen and oxygen atoms in total. The van der Waals surface area contributed by atoms with Crippen LogP contribution in [0.25, 0.3) is 15.9 Å². The third kappa shape index (κ3) is 3.43. The number of thiophene rings is 1. The van der Waals surface area contributed by atoms with Gasteiger partial charge >= 0.3 is 5.69 Å². The number of carbonyl (C=O) groups excluding carboxylic acids is 1. The number of hydrogen-bond acceptors (Lipinski definition) is 4. The lowest BCUT2D eigenvalue weighted by atomic mass is 10.2. The van der Waals surface area contributed by atoms with Crippen molar-refractivity contribution in [1.29, 1.82) is 0 Å². The largest absolute Gasteiger partial charge is 0.336 e. The first-order valence-electron chi connectivity index (χ1n) is 8.91. The van der Waals surface area contributed by atoms with Crippen molar-refractivity contribution in [2.45, 2.75) is 13.5 Å². The first-order valence-corrected chi connectivity index (χ1v) is 9.79. The molecule has 0 aliphatic carbocycles. The lowest BCUT2D eigenvalue weighted by molar-refractivity contribution is -0.116. The van der Waals surface area contributed by atoms with Gasteiger partial charge in [-0.05, 0) is 42.1 Å². The fraction of sp³-hybridized carbons (Fsp3) is 0.0952. The number of nitrogens with one attached hydrogen (secondary N) is 1. The summed E-state index contributed by atoms with van der Waals surface area (Å²) in [6, 6.07) is 11.3. The van der Waals surface area contributed by atoms with E-state index in [2.05, 4.69) is 5.32 Å². The van der Waals surface area contributed by atoms with Crippen molar-refractivity contribution in [2.24, 2.45) is 0 Å². The number of aryl methyl sites for hydroxylation is 1. The molecule has 0 fully saturated rings. The smallest absolute Gasteiger partial charge is 0.322 e. The number of anilines is 1. The van der Waals surface area contributed by atoms with Crippen LogP contribution in [-0.2, 0) is 11.3 Å². The highest BCUT2D eigenvalue weighted by Crippen LogP contribution is 2.18. The maximum Gasteiger partial charge on any atom is 0.336 e. The number of hydrogen-bond donors (Lipinski definition) is 1. The van der Waals surface area contributed by atoms with Gasteiger partial charge in [-0.25, -0.2) is 18.1 Å². The minimum atomic E-state index is -0.929. The number of benzene rings is 2. The summed E-state index contributed by atoms with van der Waals surface area (Å²) in [6.45, 7) is 1.32. The zero-order valence-electron chi connectivity index (χ0n) is 15.7. The van der Waals surface area contributed by atoms with Crippen LogP contribution in [0.5, 0.6) is 0 Å². The standard InChI is InChI=1S/C21H15F2N3O3S/c1-12-4-2-3-5-16(12)26-20(28)19-17(8-9-30-19)25(21(26)29)11-18(27)24-15-7-6-13(22)10-14(15)23/h2-10H,11H2,1H3,(H,24,27). The van der Waals surface area contributed by atoms with Crippen LogP contribution < -0.4 is 16.6 Å². The molecule has 0 saturated heterocycles. The molecule has 1 amide bonds. The Morgan fingerprint density at radius 2 is 1.87 bits per heavy atom. The number of para-hydroxylation sites is 1. The number of rotatable bonds is 4. The number of nitrogens with zero attached hydrogens (tertiary/aromatic N) is 2. The zero-order chi connectivity index (χ0) is 21.4. The summed E-state index contributed by atoms with van der Waals surface area (Å²) < 4.78 is 29.4. The molecule has 0 aliphatic rings. The van der Waals surface area contributed by atoms with Crippen molar-refractivity contribution in [3.8, 4) is 5.69 Å². The normalized spacial score (nSPS) is 11.0. The molecule has 2 aromatic heterocycles. The molecule has 2 aromatic carbocycles. The second-order valence-electron chi connectivity index (χ2n) is 6.60. The van der Waals surface area contributed by atoms with Crippen LogP contribution in [-0.4, -0.2) is 15.0 Å². The van der Waals surface area contributed by atoms with Gasteiger partial charge in [0.1, 0.15) is 22.9 Å². The Bertz CT molecular complexity index is 1400. The van der Waals surface area contributed by atoms with Crippen molar-refractivity contribution in [3.05, 3.63) is 91.9 Å². The highest BCUT2D eigenvalue weighted by Gasteiger charge is 2.19. The number of carbonyl (C=O) groups is 1. The van der Waals surface area contributed by atoms with E-state index in [4.69, 9.17) is 0 Å². The Morgan fingerprint density at radius 1 is 1.10 bits per heavy atom. The van der Waals surface area contributed by atoms with Gasteiger partial charge in [-0.3, -0.25) is 14.2 Å². The molecule has 0 spiro atoms. The number of halogens is 2. The molecule has 0 saturated carbocycles. The molecular weight excluding hydrogens is 412 g/mol. The van der Waals surface area contributed by atoms with E-state index in [1.54, 1.807) is 42.6 Å². The van der Waals surface area contributed by atoms with E-state index >= 15 is 0 Å². The maximum atomic E-state index is 13.8. The first-order chi connectivity index (χ1) is 14.4. The van der Waals surface area contributed by atoms with E-state index < -0.39 is 35.3 Å². The molecule has 0 atom stereocenters. The average molecular weight is 427 g/mol. The number of aromatic nitrogens is 2. The van der Waals surface area contributed by atoms with Crippen LogP contribution in [0.3, 0.4) is 0 Å². The van der Waals surface area contributed by atoms with E-state index in [0.717, 1.165) is 38.2 Å². The predicted octanol–water partition coefficient (Wildman–Crippen LogP) is 3.44. The second kappa shape index (κ2) is 7.68. The highest BCUT2D eigenvalue weighted by atomic mass is 32.1. The Kier molecular flexibility index (Phi) is 5.04. The Morgan fingerprint density at radius 3 is 2.60 bits per heavy atom. The maximum absolute atomic E-state index is 13.8. The Balaban J connectivity index is 1.80. The van der Waals surface area contributed by atoms with Crippen LogP contribution in [0.4, 0.5) is 14.5 Å². The second-order valence-corrected chi connectivity index (χ2v) is 7.52. The molecule has 0 aliphatic heterocycles. The minimum absolute atomic E-state index is 0.205. The Hall–Kier alpha value is -3.59. The third-order valence-corrected chi connectivity index (χ3v) is 5.51. The Labute approximate surface area is 172 Å². The lowest BCUT2D eigenvalue weighted by Crippen LogP contribution is -2.40. The number of amides is 1. The molecule has 4 rings (SSSR count). The molecular formula is C21H15F2N3O3S. The molecule has 4 aromatic rings. The van der Waals surface area contributed by atoms with Gasteiger partial charge in [0.15, 0.2) is 0 Å². The predicted molar refractivity (Wildman–Crippen MR) is 111 cm³/mol. The van der Waals surface area contributed by atoms with E-state index in [1.165, 1.54) is 0 Å². The summed E-state index contributed by atoms with van der Waals surface area (Å²) in [6.07, 6.45) is 0. The quantitative estimate of drug-likeness (QED) is 0.542. The van der Waals surface area contributed by atoms with Gasteiger partial charge in [-0.1, -0.05) is 18.2 Å². The molecule has 1 N–H and O–H groups in total. The fourth-order valence-corrected chi connectivity index (χ4v) is 4.02. The van der Waals surface area contributed by atoms with Crippen LogP contribution >= 0.6 is 11.3 Å². The summed E-state index contributed by atoms with van der Waals surface area (Å²) >= 11 is 1.16. The van der Waals surface area contributed by atoms with E-state index in [-0.39, 0.29) is 5.69 Å². The molecule has 152 valence electrons. The monoisotopic (exact) mass is 427 g/mol. The molecule has 0 unspecified atom stereocenters. The van der Waals surface area contributed by atoms with Crippen LogP contribution in [0.1, 0.15) is 5.56 Å². The van der Waals surface area contributed by atoms with Gasteiger partial charge < -0.3 is 5.32 Å². The van der Waals surface area contributed by atoms with E-state index in [0.29, 0.717) is 22.0 Å². The van der Waals surface area contributed by atoms with Gasteiger partial charge in [0.25, 0.3) is 5.56 Å². The summed E-state index contributed by atoms with van der Waals surface area (Å²) in [5, 5.41) is 3.99. The fourth-order valence-electron chi connectivity index (χ4n) is 3.19. The van der Waals surface area contributed by atoms with Crippen molar-refractivity contribution in [2.75, 3.05) is 5.32 Å².